The summed E-state index contributed by atoms with van der Waals surface area (Å²) in [6.45, 7) is 4.47. The van der Waals surface area contributed by atoms with Crippen molar-refractivity contribution in [3.63, 3.8) is 0 Å². The van der Waals surface area contributed by atoms with Gasteiger partial charge in [0.15, 0.2) is 0 Å². The molecular formula is C14H19IN2O2. The van der Waals surface area contributed by atoms with Gasteiger partial charge in [0.25, 0.3) is 5.91 Å². The molecule has 19 heavy (non-hydrogen) atoms. The average Bonchev–Trinajstić information content (AvgIpc) is 2.41. The Morgan fingerprint density at radius 3 is 2.89 bits per heavy atom. The predicted octanol–water partition coefficient (Wildman–Crippen LogP) is 2.16. The molecule has 5 heteroatoms. The van der Waals surface area contributed by atoms with Gasteiger partial charge in [0.05, 0.1) is 5.56 Å². The van der Waals surface area contributed by atoms with Gasteiger partial charge in [-0.05, 0) is 54.3 Å². The zero-order valence-corrected chi connectivity index (χ0v) is 13.4. The molecule has 0 aromatic heterocycles. The molecule has 0 bridgehead atoms. The van der Waals surface area contributed by atoms with Crippen LogP contribution in [0, 0.1) is 3.57 Å². The monoisotopic (exact) mass is 374 g/mol. The van der Waals surface area contributed by atoms with Gasteiger partial charge >= 0.3 is 0 Å². The van der Waals surface area contributed by atoms with E-state index in [4.69, 9.17) is 0 Å². The molecule has 1 heterocycles. The first-order chi connectivity index (χ1) is 9.02. The van der Waals surface area contributed by atoms with Crippen molar-refractivity contribution in [1.82, 2.24) is 9.80 Å². The maximum absolute atomic E-state index is 12.5. The summed E-state index contributed by atoms with van der Waals surface area (Å²) in [6.07, 6.45) is 1.03. The maximum atomic E-state index is 12.5. The summed E-state index contributed by atoms with van der Waals surface area (Å²) in [6, 6.07) is 5.54. The number of likely N-dealkylation sites (N-methyl/N-ethyl adjacent to an activating group) is 1. The Labute approximate surface area is 127 Å². The number of halogens is 1. The van der Waals surface area contributed by atoms with Gasteiger partial charge in [-0.1, -0.05) is 6.92 Å². The fraction of sp³-hybridized carbons (Fsp3) is 0.500. The van der Waals surface area contributed by atoms with Gasteiger partial charge in [0, 0.05) is 29.2 Å². The fourth-order valence-corrected chi connectivity index (χ4v) is 2.91. The summed E-state index contributed by atoms with van der Waals surface area (Å²) in [5.41, 5.74) is 0.409. The van der Waals surface area contributed by atoms with Crippen LogP contribution >= 0.6 is 22.6 Å². The van der Waals surface area contributed by atoms with Crippen LogP contribution in [0.4, 0.5) is 0 Å². The van der Waals surface area contributed by atoms with Gasteiger partial charge in [0.2, 0.25) is 0 Å². The third kappa shape index (κ3) is 3.20. The number of amides is 1. The predicted molar refractivity (Wildman–Crippen MR) is 83.4 cm³/mol. The van der Waals surface area contributed by atoms with E-state index in [1.54, 1.807) is 18.2 Å². The smallest absolute Gasteiger partial charge is 0.257 e. The first-order valence-electron chi connectivity index (χ1n) is 6.51. The lowest BCUT2D eigenvalue weighted by molar-refractivity contribution is 0.0539. The van der Waals surface area contributed by atoms with E-state index < -0.39 is 0 Å². The van der Waals surface area contributed by atoms with Crippen molar-refractivity contribution >= 4 is 28.5 Å². The standard InChI is InChI=1S/C14H19IN2O2/c1-3-11-9-17(7-6-16(11)2)14(19)12-8-10(15)4-5-13(12)18/h4-5,8,11,18H,3,6-7,9H2,1-2H3. The van der Waals surface area contributed by atoms with Gasteiger partial charge in [0.1, 0.15) is 5.75 Å². The van der Waals surface area contributed by atoms with E-state index in [0.29, 0.717) is 11.6 Å². The van der Waals surface area contributed by atoms with Gasteiger partial charge in [-0.2, -0.15) is 0 Å². The lowest BCUT2D eigenvalue weighted by atomic mass is 10.1. The molecule has 1 aliphatic heterocycles. The van der Waals surface area contributed by atoms with Crippen molar-refractivity contribution in [2.75, 3.05) is 26.7 Å². The van der Waals surface area contributed by atoms with Crippen LogP contribution in [0.1, 0.15) is 23.7 Å². The number of piperazine rings is 1. The Morgan fingerprint density at radius 2 is 2.21 bits per heavy atom. The number of rotatable bonds is 2. The minimum atomic E-state index is -0.0671. The lowest BCUT2D eigenvalue weighted by Gasteiger charge is -2.39. The topological polar surface area (TPSA) is 43.8 Å². The first kappa shape index (κ1) is 14.6. The molecule has 1 N–H and O–H groups in total. The molecule has 2 rings (SSSR count). The van der Waals surface area contributed by atoms with Crippen molar-refractivity contribution < 1.29 is 9.90 Å². The summed E-state index contributed by atoms with van der Waals surface area (Å²) in [7, 11) is 2.10. The second kappa shape index (κ2) is 6.09. The highest BCUT2D eigenvalue weighted by atomic mass is 127. The van der Waals surface area contributed by atoms with Crippen LogP contribution in [0.3, 0.4) is 0 Å². The minimum absolute atomic E-state index is 0.0670. The second-order valence-electron chi connectivity index (χ2n) is 4.96. The highest BCUT2D eigenvalue weighted by Crippen LogP contribution is 2.23. The highest BCUT2D eigenvalue weighted by molar-refractivity contribution is 14.1. The largest absolute Gasteiger partial charge is 0.507 e. The third-order valence-corrected chi connectivity index (χ3v) is 4.40. The number of hydrogen-bond donors (Lipinski definition) is 1. The number of phenols is 1. The van der Waals surface area contributed by atoms with Crippen LogP contribution in [0.5, 0.6) is 5.75 Å². The minimum Gasteiger partial charge on any atom is -0.507 e. The summed E-state index contributed by atoms with van der Waals surface area (Å²) in [5, 5.41) is 9.85. The molecule has 1 saturated heterocycles. The van der Waals surface area contributed by atoms with Crippen LogP contribution in [-0.4, -0.2) is 53.5 Å². The first-order valence-corrected chi connectivity index (χ1v) is 7.58. The van der Waals surface area contributed by atoms with E-state index >= 15 is 0 Å². The van der Waals surface area contributed by atoms with Crippen molar-refractivity contribution in [1.29, 1.82) is 0 Å². The van der Waals surface area contributed by atoms with Gasteiger partial charge in [-0.25, -0.2) is 0 Å². The zero-order chi connectivity index (χ0) is 14.0. The molecule has 1 fully saturated rings. The molecule has 104 valence electrons. The zero-order valence-electron chi connectivity index (χ0n) is 11.3. The quantitative estimate of drug-likeness (QED) is 0.807. The number of carbonyl (C=O) groups excluding carboxylic acids is 1. The highest BCUT2D eigenvalue weighted by Gasteiger charge is 2.27. The Hall–Kier alpha value is -0.820. The molecule has 0 spiro atoms. The molecule has 1 unspecified atom stereocenters. The van der Waals surface area contributed by atoms with E-state index in [1.807, 2.05) is 4.90 Å². The second-order valence-corrected chi connectivity index (χ2v) is 6.20. The molecule has 1 aromatic rings. The van der Waals surface area contributed by atoms with Gasteiger partial charge in [-0.3, -0.25) is 9.69 Å². The Bertz CT molecular complexity index is 479. The molecule has 1 aliphatic rings. The summed E-state index contributed by atoms with van der Waals surface area (Å²) < 4.78 is 0.958. The maximum Gasteiger partial charge on any atom is 0.257 e. The molecule has 1 aromatic carbocycles. The van der Waals surface area contributed by atoms with Crippen molar-refractivity contribution in [2.24, 2.45) is 0 Å². The SMILES string of the molecule is CCC1CN(C(=O)c2cc(I)ccc2O)CCN1C. The molecule has 0 saturated carbocycles. The van der Waals surface area contributed by atoms with Crippen LogP contribution < -0.4 is 0 Å². The molecule has 1 atom stereocenters. The summed E-state index contributed by atoms with van der Waals surface area (Å²) >= 11 is 2.15. The van der Waals surface area contributed by atoms with Crippen LogP contribution in [-0.2, 0) is 0 Å². The number of aromatic hydroxyl groups is 1. The van der Waals surface area contributed by atoms with E-state index in [2.05, 4.69) is 41.5 Å². The van der Waals surface area contributed by atoms with Crippen LogP contribution in [0.25, 0.3) is 0 Å². The van der Waals surface area contributed by atoms with E-state index in [0.717, 1.165) is 29.6 Å². The number of phenolic OH excluding ortho intramolecular Hbond substituents is 1. The number of hydrogen-bond acceptors (Lipinski definition) is 3. The van der Waals surface area contributed by atoms with E-state index in [9.17, 15) is 9.90 Å². The normalized spacial score (nSPS) is 20.6. The molecule has 4 nitrogen and oxygen atoms in total. The molecule has 0 aliphatic carbocycles. The van der Waals surface area contributed by atoms with Gasteiger partial charge in [-0.15, -0.1) is 0 Å². The van der Waals surface area contributed by atoms with Crippen molar-refractivity contribution in [3.8, 4) is 5.75 Å². The third-order valence-electron chi connectivity index (χ3n) is 3.72. The van der Waals surface area contributed by atoms with E-state index in [1.165, 1.54) is 0 Å². The van der Waals surface area contributed by atoms with Crippen molar-refractivity contribution in [2.45, 2.75) is 19.4 Å². The molecular weight excluding hydrogens is 355 g/mol. The Kier molecular flexibility index (Phi) is 4.67. The van der Waals surface area contributed by atoms with Crippen LogP contribution in [0.15, 0.2) is 18.2 Å². The average molecular weight is 374 g/mol. The molecule has 0 radical (unpaired) electrons. The fourth-order valence-electron chi connectivity index (χ4n) is 2.42. The Balaban J connectivity index is 2.18. The van der Waals surface area contributed by atoms with E-state index in [-0.39, 0.29) is 11.7 Å². The lowest BCUT2D eigenvalue weighted by Crippen LogP contribution is -2.52. The summed E-state index contributed by atoms with van der Waals surface area (Å²) in [5.74, 6) is -0.0000384. The number of carbonyl (C=O) groups is 1. The number of nitrogens with zero attached hydrogens (tertiary/aromatic N) is 2. The molecule has 1 amide bonds. The van der Waals surface area contributed by atoms with Crippen molar-refractivity contribution in [3.05, 3.63) is 27.3 Å². The van der Waals surface area contributed by atoms with Crippen LogP contribution in [0.2, 0.25) is 0 Å². The Morgan fingerprint density at radius 1 is 1.47 bits per heavy atom. The van der Waals surface area contributed by atoms with Gasteiger partial charge < -0.3 is 10.0 Å². The summed E-state index contributed by atoms with van der Waals surface area (Å²) in [4.78, 5) is 16.6. The number of benzene rings is 1.